The van der Waals surface area contributed by atoms with Crippen molar-refractivity contribution in [3.63, 3.8) is 0 Å². The molecule has 100 valence electrons. The molecule has 1 N–H and O–H groups in total. The molecule has 0 bridgehead atoms. The minimum absolute atomic E-state index is 0.278. The van der Waals surface area contributed by atoms with E-state index < -0.39 is 42.7 Å². The fourth-order valence-electron chi connectivity index (χ4n) is 1.14. The van der Waals surface area contributed by atoms with Gasteiger partial charge in [0.05, 0.1) is 13.2 Å². The van der Waals surface area contributed by atoms with Gasteiger partial charge in [-0.15, -0.1) is 0 Å². The molecule has 17 heavy (non-hydrogen) atoms. The number of epoxide rings is 1. The molecule has 1 saturated heterocycles. The zero-order valence-corrected chi connectivity index (χ0v) is 8.69. The summed E-state index contributed by atoms with van der Waals surface area (Å²) in [5.74, 6) is -15.7. The van der Waals surface area contributed by atoms with Crippen LogP contribution in [0.5, 0.6) is 0 Å². The van der Waals surface area contributed by atoms with E-state index in [0.717, 1.165) is 0 Å². The van der Waals surface area contributed by atoms with Gasteiger partial charge in [-0.1, -0.05) is 6.08 Å². The summed E-state index contributed by atoms with van der Waals surface area (Å²) in [6.45, 7) is -1.03. The minimum Gasteiger partial charge on any atom is -0.392 e. The van der Waals surface area contributed by atoms with Crippen molar-refractivity contribution in [1.82, 2.24) is 0 Å². The zero-order chi connectivity index (χ0) is 13.5. The Hall–Kier alpha value is -0.760. The van der Waals surface area contributed by atoms with Crippen LogP contribution < -0.4 is 0 Å². The van der Waals surface area contributed by atoms with Gasteiger partial charge in [0.25, 0.3) is 0 Å². The molecule has 0 saturated carbocycles. The molecule has 0 aromatic rings. The second-order valence-electron chi connectivity index (χ2n) is 3.88. The van der Waals surface area contributed by atoms with Gasteiger partial charge in [-0.25, -0.2) is 0 Å². The lowest BCUT2D eigenvalue weighted by Gasteiger charge is -2.33. The number of allylic oxidation sites excluding steroid dienone is 1. The van der Waals surface area contributed by atoms with Gasteiger partial charge in [0.1, 0.15) is 0 Å². The van der Waals surface area contributed by atoms with E-state index in [1.807, 2.05) is 0 Å². The van der Waals surface area contributed by atoms with Gasteiger partial charge in [-0.2, -0.15) is 26.3 Å². The number of hydrogen-bond donors (Lipinski definition) is 1. The maximum absolute atomic E-state index is 13.2. The molecule has 0 radical (unpaired) electrons. The smallest absolute Gasteiger partial charge is 0.378 e. The highest BCUT2D eigenvalue weighted by molar-refractivity contribution is 5.16. The first kappa shape index (κ1) is 14.3. The average Bonchev–Trinajstić information content (AvgIpc) is 2.94. The number of rotatable bonds is 5. The fraction of sp³-hybridized carbons (Fsp3) is 0.778. The average molecular weight is 264 g/mol. The summed E-state index contributed by atoms with van der Waals surface area (Å²) in [5.41, 5.74) is -2.58. The highest BCUT2D eigenvalue weighted by Gasteiger charge is 2.80. The van der Waals surface area contributed by atoms with Crippen LogP contribution in [-0.2, 0) is 4.74 Å². The van der Waals surface area contributed by atoms with Crippen molar-refractivity contribution >= 4 is 0 Å². The topological polar surface area (TPSA) is 32.8 Å². The molecule has 1 aliphatic rings. The Morgan fingerprint density at radius 3 is 2.06 bits per heavy atom. The van der Waals surface area contributed by atoms with Gasteiger partial charge < -0.3 is 9.84 Å². The molecule has 1 atom stereocenters. The van der Waals surface area contributed by atoms with Gasteiger partial charge in [-0.05, 0) is 13.0 Å². The molecule has 2 nitrogen and oxygen atoms in total. The Bertz CT molecular complexity index is 321. The van der Waals surface area contributed by atoms with Gasteiger partial charge in [0, 0.05) is 0 Å². The van der Waals surface area contributed by atoms with E-state index in [1.54, 1.807) is 0 Å². The standard InChI is InChI=1S/C9H10F6O2/c1-6(5-17-6)8(12,13)9(14,15)7(10,11)3-2-4-16/h2-3,16H,4-5H2,1H3/b3-2+. The number of ether oxygens (including phenoxy) is 1. The Morgan fingerprint density at radius 2 is 1.71 bits per heavy atom. The number of aliphatic hydroxyl groups is 1. The lowest BCUT2D eigenvalue weighted by atomic mass is 9.93. The molecule has 0 aromatic heterocycles. The summed E-state index contributed by atoms with van der Waals surface area (Å²) in [6.07, 6.45) is -0.160. The number of halogens is 6. The Labute approximate surface area is 92.9 Å². The Kier molecular flexibility index (Phi) is 3.26. The second-order valence-corrected chi connectivity index (χ2v) is 3.88. The number of hydrogen-bond acceptors (Lipinski definition) is 2. The molecule has 0 spiro atoms. The molecule has 8 heteroatoms. The molecule has 1 fully saturated rings. The molecule has 1 unspecified atom stereocenters. The Balaban J connectivity index is 3.05. The normalized spacial score (nSPS) is 26.6. The Morgan fingerprint density at radius 1 is 1.24 bits per heavy atom. The summed E-state index contributed by atoms with van der Waals surface area (Å²) in [7, 11) is 0. The maximum atomic E-state index is 13.2. The van der Waals surface area contributed by atoms with Crippen LogP contribution >= 0.6 is 0 Å². The quantitative estimate of drug-likeness (QED) is 0.469. The first-order chi connectivity index (χ1) is 7.52. The number of alkyl halides is 6. The van der Waals surface area contributed by atoms with Crippen molar-refractivity contribution in [2.75, 3.05) is 13.2 Å². The van der Waals surface area contributed by atoms with E-state index >= 15 is 0 Å². The van der Waals surface area contributed by atoms with E-state index in [2.05, 4.69) is 4.74 Å². The highest BCUT2D eigenvalue weighted by atomic mass is 19.3. The lowest BCUT2D eigenvalue weighted by molar-refractivity contribution is -0.309. The number of aliphatic hydroxyl groups excluding tert-OH is 1. The van der Waals surface area contributed by atoms with Crippen molar-refractivity contribution in [2.24, 2.45) is 0 Å². The van der Waals surface area contributed by atoms with Crippen molar-refractivity contribution in [2.45, 2.75) is 30.3 Å². The predicted octanol–water partition coefficient (Wildman–Crippen LogP) is 2.23. The zero-order valence-electron chi connectivity index (χ0n) is 8.69. The van der Waals surface area contributed by atoms with E-state index in [1.165, 1.54) is 0 Å². The minimum atomic E-state index is -5.60. The SMILES string of the molecule is CC1(C(F)(F)C(F)(F)C(F)(F)/C=C/CO)CO1. The highest BCUT2D eigenvalue weighted by Crippen LogP contribution is 2.56. The first-order valence-corrected chi connectivity index (χ1v) is 4.58. The van der Waals surface area contributed by atoms with Gasteiger partial charge in [-0.3, -0.25) is 0 Å². The molecular weight excluding hydrogens is 254 g/mol. The molecule has 0 aliphatic carbocycles. The summed E-state index contributed by atoms with van der Waals surface area (Å²) in [4.78, 5) is 0. The molecule has 1 heterocycles. The second kappa shape index (κ2) is 3.88. The summed E-state index contributed by atoms with van der Waals surface area (Å²) in [5, 5.41) is 8.19. The van der Waals surface area contributed by atoms with Crippen LogP contribution in [-0.4, -0.2) is 41.7 Å². The van der Waals surface area contributed by atoms with E-state index in [9.17, 15) is 26.3 Å². The largest absolute Gasteiger partial charge is 0.392 e. The van der Waals surface area contributed by atoms with Crippen LogP contribution in [0.2, 0.25) is 0 Å². The van der Waals surface area contributed by atoms with Crippen LogP contribution in [0.4, 0.5) is 26.3 Å². The van der Waals surface area contributed by atoms with E-state index in [-0.39, 0.29) is 6.08 Å². The van der Waals surface area contributed by atoms with Gasteiger partial charge in [0.15, 0.2) is 5.60 Å². The molecule has 0 aromatic carbocycles. The summed E-state index contributed by atoms with van der Waals surface area (Å²) >= 11 is 0. The van der Waals surface area contributed by atoms with Crippen LogP contribution in [0, 0.1) is 0 Å². The lowest BCUT2D eigenvalue weighted by Crippen LogP contribution is -2.59. The van der Waals surface area contributed by atoms with Crippen molar-refractivity contribution in [3.8, 4) is 0 Å². The van der Waals surface area contributed by atoms with Crippen molar-refractivity contribution < 1.29 is 36.2 Å². The molecule has 1 aliphatic heterocycles. The third-order valence-electron chi connectivity index (χ3n) is 2.49. The summed E-state index contributed by atoms with van der Waals surface area (Å²) in [6, 6.07) is 0. The molecular formula is C9H10F6O2. The van der Waals surface area contributed by atoms with Crippen LogP contribution in [0.3, 0.4) is 0 Å². The fourth-order valence-corrected chi connectivity index (χ4v) is 1.14. The van der Waals surface area contributed by atoms with Crippen LogP contribution in [0.25, 0.3) is 0 Å². The third kappa shape index (κ3) is 2.03. The third-order valence-corrected chi connectivity index (χ3v) is 2.49. The first-order valence-electron chi connectivity index (χ1n) is 4.58. The van der Waals surface area contributed by atoms with E-state index in [0.29, 0.717) is 6.92 Å². The summed E-state index contributed by atoms with van der Waals surface area (Å²) < 4.78 is 82.8. The van der Waals surface area contributed by atoms with Crippen LogP contribution in [0.1, 0.15) is 6.92 Å². The van der Waals surface area contributed by atoms with E-state index in [4.69, 9.17) is 5.11 Å². The van der Waals surface area contributed by atoms with Crippen LogP contribution in [0.15, 0.2) is 12.2 Å². The van der Waals surface area contributed by atoms with Gasteiger partial charge >= 0.3 is 17.8 Å². The monoisotopic (exact) mass is 264 g/mol. The predicted molar refractivity (Wildman–Crippen MR) is 45.4 cm³/mol. The molecule has 1 rings (SSSR count). The van der Waals surface area contributed by atoms with Crippen molar-refractivity contribution in [1.29, 1.82) is 0 Å². The maximum Gasteiger partial charge on any atom is 0.378 e. The van der Waals surface area contributed by atoms with Crippen molar-refractivity contribution in [3.05, 3.63) is 12.2 Å². The molecule has 0 amide bonds. The van der Waals surface area contributed by atoms with Gasteiger partial charge in [0.2, 0.25) is 0 Å².